The Hall–Kier alpha value is -1.98. The van der Waals surface area contributed by atoms with Crippen LogP contribution in [0.3, 0.4) is 0 Å². The van der Waals surface area contributed by atoms with E-state index in [9.17, 15) is 4.79 Å². The van der Waals surface area contributed by atoms with Gasteiger partial charge in [-0.3, -0.25) is 4.98 Å². The molecule has 0 atom stereocenters. The van der Waals surface area contributed by atoms with E-state index in [0.717, 1.165) is 12.8 Å². The lowest BCUT2D eigenvalue weighted by Crippen LogP contribution is -2.61. The van der Waals surface area contributed by atoms with Gasteiger partial charge in [-0.2, -0.15) is 0 Å². The zero-order valence-corrected chi connectivity index (χ0v) is 14.6. The van der Waals surface area contributed by atoms with E-state index in [2.05, 4.69) is 11.9 Å². The molecule has 2 N–H and O–H groups in total. The fraction of sp³-hybridized carbons (Fsp3) is 0.647. The smallest absolute Gasteiger partial charge is 0.410 e. The SMILES string of the molecule is CCN(C(=O)OC(C)(C)C)C1(C)CC(Oc2ccncc2N)C1. The lowest BCUT2D eigenvalue weighted by molar-refractivity contribution is -0.0591. The third kappa shape index (κ3) is 4.06. The number of aromatic nitrogens is 1. The number of rotatable bonds is 4. The second kappa shape index (κ2) is 6.26. The molecule has 0 spiro atoms. The second-order valence-corrected chi connectivity index (χ2v) is 7.28. The number of anilines is 1. The van der Waals surface area contributed by atoms with Gasteiger partial charge in [0.05, 0.1) is 17.4 Å². The van der Waals surface area contributed by atoms with E-state index in [-0.39, 0.29) is 17.7 Å². The van der Waals surface area contributed by atoms with Crippen molar-refractivity contribution in [3.63, 3.8) is 0 Å². The van der Waals surface area contributed by atoms with Crippen molar-refractivity contribution in [1.82, 2.24) is 9.88 Å². The molecule has 6 heteroatoms. The Balaban J connectivity index is 1.96. The number of carbonyl (C=O) groups is 1. The third-order valence-electron chi connectivity index (χ3n) is 4.02. The molecule has 0 unspecified atom stereocenters. The molecule has 1 fully saturated rings. The first-order chi connectivity index (χ1) is 10.6. The van der Waals surface area contributed by atoms with E-state index < -0.39 is 5.60 Å². The fourth-order valence-electron chi connectivity index (χ4n) is 2.95. The van der Waals surface area contributed by atoms with Gasteiger partial charge < -0.3 is 20.1 Å². The van der Waals surface area contributed by atoms with E-state index in [1.54, 1.807) is 23.4 Å². The summed E-state index contributed by atoms with van der Waals surface area (Å²) < 4.78 is 11.4. The molecule has 1 saturated carbocycles. The Kier molecular flexibility index (Phi) is 4.73. The minimum Gasteiger partial charge on any atom is -0.488 e. The number of ether oxygens (including phenoxy) is 2. The minimum absolute atomic E-state index is 0.0428. The Morgan fingerprint density at radius 1 is 1.48 bits per heavy atom. The zero-order valence-electron chi connectivity index (χ0n) is 14.6. The molecule has 23 heavy (non-hydrogen) atoms. The van der Waals surface area contributed by atoms with Gasteiger partial charge in [0.15, 0.2) is 0 Å². The van der Waals surface area contributed by atoms with Crippen LogP contribution in [0, 0.1) is 0 Å². The topological polar surface area (TPSA) is 77.7 Å². The first-order valence-corrected chi connectivity index (χ1v) is 8.01. The van der Waals surface area contributed by atoms with Crippen LogP contribution in [-0.4, -0.2) is 39.8 Å². The number of hydrogen-bond acceptors (Lipinski definition) is 5. The Labute approximate surface area is 138 Å². The number of hydrogen-bond donors (Lipinski definition) is 1. The molecular weight excluding hydrogens is 294 g/mol. The minimum atomic E-state index is -0.494. The predicted octanol–water partition coefficient (Wildman–Crippen LogP) is 3.22. The molecule has 0 aliphatic heterocycles. The molecule has 1 aliphatic carbocycles. The van der Waals surface area contributed by atoms with E-state index in [1.807, 2.05) is 27.7 Å². The quantitative estimate of drug-likeness (QED) is 0.921. The molecule has 1 aromatic rings. The van der Waals surface area contributed by atoms with Crippen LogP contribution < -0.4 is 10.5 Å². The normalized spacial score (nSPS) is 23.8. The van der Waals surface area contributed by atoms with Crippen LogP contribution in [0.4, 0.5) is 10.5 Å². The van der Waals surface area contributed by atoms with E-state index in [4.69, 9.17) is 15.2 Å². The number of carbonyl (C=O) groups excluding carboxylic acids is 1. The Bertz CT molecular complexity index is 562. The molecule has 0 bridgehead atoms. The zero-order chi connectivity index (χ0) is 17.3. The van der Waals surface area contributed by atoms with Gasteiger partial charge in [0.25, 0.3) is 0 Å². The van der Waals surface area contributed by atoms with Gasteiger partial charge in [-0.05, 0) is 34.6 Å². The van der Waals surface area contributed by atoms with Crippen LogP contribution in [0.15, 0.2) is 18.5 Å². The van der Waals surface area contributed by atoms with Gasteiger partial charge >= 0.3 is 6.09 Å². The number of nitrogen functional groups attached to an aromatic ring is 1. The van der Waals surface area contributed by atoms with Crippen molar-refractivity contribution in [3.05, 3.63) is 18.5 Å². The number of amides is 1. The molecule has 1 aromatic heterocycles. The molecule has 0 radical (unpaired) electrons. The van der Waals surface area contributed by atoms with Crippen LogP contribution in [0.25, 0.3) is 0 Å². The van der Waals surface area contributed by atoms with Gasteiger partial charge in [0, 0.05) is 31.6 Å². The fourth-order valence-corrected chi connectivity index (χ4v) is 2.95. The average molecular weight is 321 g/mol. The highest BCUT2D eigenvalue weighted by molar-refractivity contribution is 5.69. The molecule has 1 heterocycles. The van der Waals surface area contributed by atoms with Crippen LogP contribution >= 0.6 is 0 Å². The molecule has 0 saturated heterocycles. The van der Waals surface area contributed by atoms with Crippen LogP contribution in [0.5, 0.6) is 5.75 Å². The average Bonchev–Trinajstić information content (AvgIpc) is 2.38. The molecular formula is C17H27N3O3. The molecule has 128 valence electrons. The Morgan fingerprint density at radius 3 is 2.65 bits per heavy atom. The molecule has 1 amide bonds. The standard InChI is InChI=1S/C17H27N3O3/c1-6-20(15(21)23-16(2,3)4)17(5)9-12(10-17)22-14-7-8-19-11-13(14)18/h7-8,11-12H,6,9-10,18H2,1-5H3. The summed E-state index contributed by atoms with van der Waals surface area (Å²) >= 11 is 0. The van der Waals surface area contributed by atoms with Gasteiger partial charge in [0.2, 0.25) is 0 Å². The first-order valence-electron chi connectivity index (χ1n) is 8.01. The highest BCUT2D eigenvalue weighted by atomic mass is 16.6. The molecule has 0 aromatic carbocycles. The van der Waals surface area contributed by atoms with Crippen molar-refractivity contribution < 1.29 is 14.3 Å². The van der Waals surface area contributed by atoms with E-state index in [1.165, 1.54) is 0 Å². The summed E-state index contributed by atoms with van der Waals surface area (Å²) in [6, 6.07) is 1.76. The van der Waals surface area contributed by atoms with Gasteiger partial charge in [0.1, 0.15) is 17.5 Å². The summed E-state index contributed by atoms with van der Waals surface area (Å²) in [6.07, 6.45) is 4.50. The maximum absolute atomic E-state index is 12.4. The maximum atomic E-state index is 12.4. The van der Waals surface area contributed by atoms with Gasteiger partial charge in [-0.1, -0.05) is 0 Å². The van der Waals surface area contributed by atoms with Crippen molar-refractivity contribution in [3.8, 4) is 5.75 Å². The van der Waals surface area contributed by atoms with Crippen molar-refractivity contribution in [2.75, 3.05) is 12.3 Å². The summed E-state index contributed by atoms with van der Waals surface area (Å²) in [5.74, 6) is 0.646. The lowest BCUT2D eigenvalue weighted by Gasteiger charge is -2.51. The number of nitrogens with zero attached hydrogens (tertiary/aromatic N) is 2. The molecule has 1 aliphatic rings. The maximum Gasteiger partial charge on any atom is 0.410 e. The lowest BCUT2D eigenvalue weighted by atomic mass is 9.74. The van der Waals surface area contributed by atoms with E-state index in [0.29, 0.717) is 18.0 Å². The van der Waals surface area contributed by atoms with Crippen LogP contribution in [0.1, 0.15) is 47.5 Å². The molecule has 6 nitrogen and oxygen atoms in total. The predicted molar refractivity (Wildman–Crippen MR) is 89.3 cm³/mol. The summed E-state index contributed by atoms with van der Waals surface area (Å²) in [6.45, 7) is 10.3. The molecule has 2 rings (SSSR count). The van der Waals surface area contributed by atoms with Gasteiger partial charge in [-0.15, -0.1) is 0 Å². The number of nitrogens with two attached hydrogens (primary N) is 1. The van der Waals surface area contributed by atoms with E-state index >= 15 is 0 Å². The highest BCUT2D eigenvalue weighted by Crippen LogP contribution is 2.41. The summed E-state index contributed by atoms with van der Waals surface area (Å²) in [5, 5.41) is 0. The number of pyridine rings is 1. The first kappa shape index (κ1) is 17.4. The summed E-state index contributed by atoms with van der Waals surface area (Å²) in [5.41, 5.74) is 5.63. The largest absolute Gasteiger partial charge is 0.488 e. The second-order valence-electron chi connectivity index (χ2n) is 7.28. The summed E-state index contributed by atoms with van der Waals surface area (Å²) in [7, 11) is 0. The van der Waals surface area contributed by atoms with Crippen LogP contribution in [-0.2, 0) is 4.74 Å². The van der Waals surface area contributed by atoms with Gasteiger partial charge in [-0.25, -0.2) is 4.79 Å². The highest BCUT2D eigenvalue weighted by Gasteiger charge is 2.48. The third-order valence-corrected chi connectivity index (χ3v) is 4.02. The summed E-state index contributed by atoms with van der Waals surface area (Å²) in [4.78, 5) is 18.1. The van der Waals surface area contributed by atoms with Crippen molar-refractivity contribution in [1.29, 1.82) is 0 Å². The van der Waals surface area contributed by atoms with Crippen LogP contribution in [0.2, 0.25) is 0 Å². The van der Waals surface area contributed by atoms with Crippen molar-refractivity contribution in [2.24, 2.45) is 0 Å². The van der Waals surface area contributed by atoms with Crippen molar-refractivity contribution >= 4 is 11.8 Å². The Morgan fingerprint density at radius 2 is 2.13 bits per heavy atom. The monoisotopic (exact) mass is 321 g/mol. The van der Waals surface area contributed by atoms with Crippen molar-refractivity contribution in [2.45, 2.75) is 64.7 Å².